The molecule has 1 saturated carbocycles. The maximum atomic E-state index is 5.63. The van der Waals surface area contributed by atoms with Gasteiger partial charge in [0, 0.05) is 19.7 Å². The van der Waals surface area contributed by atoms with E-state index in [2.05, 4.69) is 35.9 Å². The van der Waals surface area contributed by atoms with Crippen molar-refractivity contribution in [3.63, 3.8) is 0 Å². The second-order valence-electron chi connectivity index (χ2n) is 8.19. The number of nitrogens with zero attached hydrogens (tertiary/aromatic N) is 4. The van der Waals surface area contributed by atoms with Gasteiger partial charge in [0.05, 0.1) is 25.5 Å². The van der Waals surface area contributed by atoms with E-state index in [4.69, 9.17) is 9.51 Å². The molecule has 1 aliphatic carbocycles. The molecule has 3 rings (SSSR count). The van der Waals surface area contributed by atoms with Gasteiger partial charge in [0.15, 0.2) is 11.9 Å². The van der Waals surface area contributed by atoms with Crippen LogP contribution in [0.4, 0.5) is 0 Å². The van der Waals surface area contributed by atoms with Gasteiger partial charge in [0.2, 0.25) is 0 Å². The molecule has 2 aromatic heterocycles. The Balaban J connectivity index is 1.72. The molecular formula is C20H32N5O+. The van der Waals surface area contributed by atoms with E-state index in [1.165, 1.54) is 12.0 Å². The monoisotopic (exact) mass is 358 g/mol. The van der Waals surface area contributed by atoms with Crippen LogP contribution < -0.4 is 5.32 Å². The number of allylic oxidation sites excluding steroid dienone is 1. The third kappa shape index (κ3) is 4.23. The average Bonchev–Trinajstić information content (AvgIpc) is 3.20. The van der Waals surface area contributed by atoms with Crippen molar-refractivity contribution in [2.24, 2.45) is 18.4 Å². The van der Waals surface area contributed by atoms with Gasteiger partial charge in [-0.05, 0) is 37.0 Å². The summed E-state index contributed by atoms with van der Waals surface area (Å²) in [5.41, 5.74) is 2.63. The highest BCUT2D eigenvalue weighted by molar-refractivity contribution is 5.09. The molecule has 3 unspecified atom stereocenters. The second kappa shape index (κ2) is 7.74. The lowest BCUT2D eigenvalue weighted by molar-refractivity contribution is -0.673. The number of rotatable bonds is 7. The molecule has 142 valence electrons. The van der Waals surface area contributed by atoms with E-state index < -0.39 is 0 Å². The second-order valence-corrected chi connectivity index (χ2v) is 8.19. The molecule has 1 aliphatic rings. The summed E-state index contributed by atoms with van der Waals surface area (Å²) in [4.78, 5) is 9.16. The molecule has 0 amide bonds. The number of imidazole rings is 1. The maximum Gasteiger partial charge on any atom is 0.285 e. The number of aromatic nitrogens is 4. The van der Waals surface area contributed by atoms with Crippen LogP contribution in [0, 0.1) is 11.3 Å². The highest BCUT2D eigenvalue weighted by Gasteiger charge is 2.36. The minimum Gasteiger partial charge on any atom is -0.340 e. The number of quaternary nitrogens is 1. The highest BCUT2D eigenvalue weighted by Crippen LogP contribution is 2.45. The van der Waals surface area contributed by atoms with E-state index in [1.54, 1.807) is 0 Å². The topological polar surface area (TPSA) is 73.3 Å². The first-order valence-electron chi connectivity index (χ1n) is 9.68. The van der Waals surface area contributed by atoms with Crippen molar-refractivity contribution in [1.82, 2.24) is 19.7 Å². The van der Waals surface area contributed by atoms with E-state index in [0.717, 1.165) is 43.6 Å². The minimum atomic E-state index is 0.101. The van der Waals surface area contributed by atoms with Crippen molar-refractivity contribution < 1.29 is 9.84 Å². The fourth-order valence-electron chi connectivity index (χ4n) is 4.48. The van der Waals surface area contributed by atoms with Crippen molar-refractivity contribution in [2.75, 3.05) is 7.05 Å². The van der Waals surface area contributed by atoms with E-state index in [1.807, 2.05) is 31.2 Å². The molecule has 0 spiro atoms. The Labute approximate surface area is 156 Å². The van der Waals surface area contributed by atoms with Crippen LogP contribution in [0.2, 0.25) is 0 Å². The molecule has 3 atom stereocenters. The first-order valence-corrected chi connectivity index (χ1v) is 9.68. The summed E-state index contributed by atoms with van der Waals surface area (Å²) in [6.07, 6.45) is 10.1. The summed E-state index contributed by atoms with van der Waals surface area (Å²) < 4.78 is 7.59. The Morgan fingerprint density at radius 1 is 1.50 bits per heavy atom. The fraction of sp³-hybridized carbons (Fsp3) is 0.650. The van der Waals surface area contributed by atoms with Gasteiger partial charge in [-0.15, -0.1) is 0 Å². The maximum absolute atomic E-state index is 5.63. The van der Waals surface area contributed by atoms with Gasteiger partial charge in [-0.2, -0.15) is 4.98 Å². The van der Waals surface area contributed by atoms with E-state index in [0.29, 0.717) is 11.8 Å². The van der Waals surface area contributed by atoms with Gasteiger partial charge in [-0.25, -0.2) is 4.98 Å². The Morgan fingerprint density at radius 3 is 2.92 bits per heavy atom. The van der Waals surface area contributed by atoms with Crippen molar-refractivity contribution in [3.8, 4) is 0 Å². The van der Waals surface area contributed by atoms with Crippen LogP contribution in [-0.4, -0.2) is 26.7 Å². The van der Waals surface area contributed by atoms with Crippen LogP contribution in [0.1, 0.15) is 63.0 Å². The molecule has 0 aromatic carbocycles. The summed E-state index contributed by atoms with van der Waals surface area (Å²) in [6.45, 7) is 8.87. The summed E-state index contributed by atoms with van der Waals surface area (Å²) in [5, 5.41) is 6.42. The molecule has 26 heavy (non-hydrogen) atoms. The summed E-state index contributed by atoms with van der Waals surface area (Å²) >= 11 is 0. The number of nitrogens with two attached hydrogens (primary N) is 1. The zero-order valence-electron chi connectivity index (χ0n) is 16.5. The lowest BCUT2D eigenvalue weighted by Gasteiger charge is -2.40. The van der Waals surface area contributed by atoms with Crippen LogP contribution in [0.5, 0.6) is 0 Å². The third-order valence-electron chi connectivity index (χ3n) is 5.72. The zero-order valence-corrected chi connectivity index (χ0v) is 16.5. The molecule has 2 heterocycles. The summed E-state index contributed by atoms with van der Waals surface area (Å²) in [6, 6.07) is 0.101. The van der Waals surface area contributed by atoms with Gasteiger partial charge in [-0.1, -0.05) is 31.2 Å². The van der Waals surface area contributed by atoms with Gasteiger partial charge in [0.1, 0.15) is 0 Å². The van der Waals surface area contributed by atoms with Crippen LogP contribution in [0.15, 0.2) is 29.2 Å². The van der Waals surface area contributed by atoms with Crippen LogP contribution in [-0.2, 0) is 19.9 Å². The zero-order chi connectivity index (χ0) is 18.7. The number of hydrogen-bond acceptors (Lipinski definition) is 4. The van der Waals surface area contributed by atoms with Crippen molar-refractivity contribution in [1.29, 1.82) is 0 Å². The molecule has 2 N–H and O–H groups in total. The van der Waals surface area contributed by atoms with Crippen molar-refractivity contribution in [2.45, 2.75) is 58.4 Å². The predicted octanol–water partition coefficient (Wildman–Crippen LogP) is 2.60. The molecule has 2 aromatic rings. The normalized spacial score (nSPS) is 24.8. The molecule has 0 bridgehead atoms. The lowest BCUT2D eigenvalue weighted by atomic mass is 9.65. The molecule has 6 heteroatoms. The van der Waals surface area contributed by atoms with Crippen molar-refractivity contribution in [3.05, 3.63) is 42.1 Å². The lowest BCUT2D eigenvalue weighted by Crippen LogP contribution is -2.81. The van der Waals surface area contributed by atoms with Gasteiger partial charge in [-0.3, -0.25) is 0 Å². The number of likely N-dealkylation sites (N-methyl/N-ethyl adjacent to an activating group) is 1. The van der Waals surface area contributed by atoms with E-state index >= 15 is 0 Å². The highest BCUT2D eigenvalue weighted by atomic mass is 16.5. The molecule has 0 radical (unpaired) electrons. The van der Waals surface area contributed by atoms with Gasteiger partial charge in [0.25, 0.3) is 5.89 Å². The molecule has 0 saturated heterocycles. The van der Waals surface area contributed by atoms with Crippen molar-refractivity contribution >= 4 is 0 Å². The Bertz CT molecular complexity index is 749. The third-order valence-corrected chi connectivity index (χ3v) is 5.72. The van der Waals surface area contributed by atoms with Crippen LogP contribution >= 0.6 is 0 Å². The minimum absolute atomic E-state index is 0.101. The Hall–Kier alpha value is -1.95. The number of aryl methyl sites for hydroxylation is 1. The van der Waals surface area contributed by atoms with Crippen LogP contribution in [0.3, 0.4) is 0 Å². The van der Waals surface area contributed by atoms with Crippen LogP contribution in [0.25, 0.3) is 0 Å². The molecule has 1 fully saturated rings. The summed E-state index contributed by atoms with van der Waals surface area (Å²) in [5.74, 6) is 2.21. The largest absolute Gasteiger partial charge is 0.340 e. The Kier molecular flexibility index (Phi) is 5.61. The molecular weight excluding hydrogens is 326 g/mol. The SMILES string of the molecule is C=C1CC(C)CC(CC)(Cc2noc(C(Cc3cn(C)cn3)[NH2+]C)n2)C1. The van der Waals surface area contributed by atoms with E-state index in [9.17, 15) is 0 Å². The van der Waals surface area contributed by atoms with Gasteiger partial charge < -0.3 is 14.4 Å². The predicted molar refractivity (Wildman–Crippen MR) is 100 cm³/mol. The number of hydrogen-bond donors (Lipinski definition) is 1. The average molecular weight is 359 g/mol. The smallest absolute Gasteiger partial charge is 0.285 e. The first-order chi connectivity index (χ1) is 12.4. The molecule has 6 nitrogen and oxygen atoms in total. The molecule has 0 aliphatic heterocycles. The van der Waals surface area contributed by atoms with E-state index in [-0.39, 0.29) is 11.5 Å². The quantitative estimate of drug-likeness (QED) is 0.772. The van der Waals surface area contributed by atoms with Gasteiger partial charge >= 0.3 is 0 Å². The first kappa shape index (κ1) is 18.8. The standard InChI is InChI=1S/C20H31N5O/c1-6-20(9-14(2)7-15(3)10-20)11-18-23-19(26-24-18)17(21-4)8-16-12-25(5)13-22-16/h12-13,15,17,21H,2,6-11H2,1,3-5H3/p+1. The Morgan fingerprint density at radius 2 is 2.31 bits per heavy atom. The summed E-state index contributed by atoms with van der Waals surface area (Å²) in [7, 11) is 4.02. The fourth-order valence-corrected chi connectivity index (χ4v) is 4.48.